The first-order valence-corrected chi connectivity index (χ1v) is 7.25. The number of thioether (sulfide) groups is 1. The molecule has 0 radical (unpaired) electrons. The summed E-state index contributed by atoms with van der Waals surface area (Å²) in [6, 6.07) is -0.0258. The van der Waals surface area contributed by atoms with Gasteiger partial charge in [-0.25, -0.2) is 0 Å². The van der Waals surface area contributed by atoms with Crippen LogP contribution in [0.25, 0.3) is 0 Å². The van der Waals surface area contributed by atoms with Crippen molar-refractivity contribution in [2.75, 3.05) is 51.5 Å². The lowest BCUT2D eigenvalue weighted by Gasteiger charge is -2.35. The maximum absolute atomic E-state index is 12.1. The van der Waals surface area contributed by atoms with Gasteiger partial charge in [-0.1, -0.05) is 0 Å². The Morgan fingerprint density at radius 1 is 1.32 bits per heavy atom. The molecule has 2 rings (SSSR count). The minimum Gasteiger partial charge on any atom is -0.468 e. The molecule has 2 aliphatic heterocycles. The van der Waals surface area contributed by atoms with Gasteiger partial charge in [-0.15, -0.1) is 24.2 Å². The highest BCUT2D eigenvalue weighted by molar-refractivity contribution is 7.99. The molecule has 0 saturated carbocycles. The highest BCUT2D eigenvalue weighted by atomic mass is 35.5. The van der Waals surface area contributed by atoms with E-state index in [1.54, 1.807) is 11.8 Å². The van der Waals surface area contributed by atoms with Gasteiger partial charge in [0.2, 0.25) is 5.91 Å². The number of hydrogen-bond donors (Lipinski definition) is 1. The van der Waals surface area contributed by atoms with Gasteiger partial charge in [-0.2, -0.15) is 0 Å². The number of halogens is 1. The second-order valence-corrected chi connectivity index (χ2v) is 5.48. The van der Waals surface area contributed by atoms with E-state index in [9.17, 15) is 9.59 Å². The average molecular weight is 310 g/mol. The van der Waals surface area contributed by atoms with Gasteiger partial charge in [0.1, 0.15) is 0 Å². The molecule has 0 aromatic heterocycles. The van der Waals surface area contributed by atoms with Crippen LogP contribution in [0.1, 0.15) is 0 Å². The number of methoxy groups -OCH3 is 1. The lowest BCUT2D eigenvalue weighted by Crippen LogP contribution is -2.54. The molecule has 110 valence electrons. The van der Waals surface area contributed by atoms with Crippen LogP contribution in [0.4, 0.5) is 0 Å². The maximum atomic E-state index is 12.1. The SMILES string of the molecule is COC(=O)CN1CCN(C(=O)C2CSCN2)CC1.Cl. The summed E-state index contributed by atoms with van der Waals surface area (Å²) in [6.07, 6.45) is 0. The third-order valence-corrected chi connectivity index (χ3v) is 4.22. The Balaban J connectivity index is 0.00000180. The van der Waals surface area contributed by atoms with Crippen LogP contribution in [0.15, 0.2) is 0 Å². The van der Waals surface area contributed by atoms with Crippen LogP contribution in [0.3, 0.4) is 0 Å². The normalized spacial score (nSPS) is 23.8. The van der Waals surface area contributed by atoms with Gasteiger partial charge < -0.3 is 9.64 Å². The summed E-state index contributed by atoms with van der Waals surface area (Å²) in [5.41, 5.74) is 0. The predicted molar refractivity (Wildman–Crippen MR) is 76.5 cm³/mol. The molecule has 1 unspecified atom stereocenters. The molecule has 0 aliphatic carbocycles. The topological polar surface area (TPSA) is 61.9 Å². The number of hydrogen-bond acceptors (Lipinski definition) is 6. The molecule has 0 spiro atoms. The monoisotopic (exact) mass is 309 g/mol. The fourth-order valence-electron chi connectivity index (χ4n) is 2.15. The number of esters is 1. The molecule has 2 aliphatic rings. The Morgan fingerprint density at radius 3 is 2.53 bits per heavy atom. The quantitative estimate of drug-likeness (QED) is 0.702. The second kappa shape index (κ2) is 7.94. The van der Waals surface area contributed by atoms with E-state index in [1.165, 1.54) is 7.11 Å². The van der Waals surface area contributed by atoms with Crippen molar-refractivity contribution < 1.29 is 14.3 Å². The number of nitrogens with one attached hydrogen (secondary N) is 1. The highest BCUT2D eigenvalue weighted by Gasteiger charge is 2.29. The van der Waals surface area contributed by atoms with E-state index in [2.05, 4.69) is 10.1 Å². The van der Waals surface area contributed by atoms with Gasteiger partial charge in [0.15, 0.2) is 0 Å². The maximum Gasteiger partial charge on any atom is 0.319 e. The minimum atomic E-state index is -0.219. The van der Waals surface area contributed by atoms with E-state index in [0.717, 1.165) is 24.7 Å². The number of carbonyl (C=O) groups is 2. The van der Waals surface area contributed by atoms with Crippen LogP contribution >= 0.6 is 24.2 Å². The van der Waals surface area contributed by atoms with Crippen LogP contribution in [-0.2, 0) is 14.3 Å². The average Bonchev–Trinajstić information content (AvgIpc) is 2.92. The summed E-state index contributed by atoms with van der Waals surface area (Å²) >= 11 is 1.76. The van der Waals surface area contributed by atoms with Crippen LogP contribution in [0.5, 0.6) is 0 Å². The summed E-state index contributed by atoms with van der Waals surface area (Å²) in [5, 5.41) is 3.19. The summed E-state index contributed by atoms with van der Waals surface area (Å²) in [5.74, 6) is 1.70. The van der Waals surface area contributed by atoms with Crippen molar-refractivity contribution in [1.29, 1.82) is 0 Å². The Bertz CT molecular complexity index is 318. The molecular formula is C11H20ClN3O3S. The number of rotatable bonds is 3. The van der Waals surface area contributed by atoms with Crippen molar-refractivity contribution in [3.63, 3.8) is 0 Å². The van der Waals surface area contributed by atoms with Crippen molar-refractivity contribution in [2.24, 2.45) is 0 Å². The summed E-state index contributed by atoms with van der Waals surface area (Å²) in [6.45, 7) is 3.18. The zero-order chi connectivity index (χ0) is 13.0. The standard InChI is InChI=1S/C11H19N3O3S.ClH/c1-17-10(15)6-13-2-4-14(5-3-13)11(16)9-7-18-8-12-9;/h9,12H,2-8H2,1H3;1H. The van der Waals surface area contributed by atoms with Crippen molar-refractivity contribution in [1.82, 2.24) is 15.1 Å². The van der Waals surface area contributed by atoms with E-state index in [1.807, 2.05) is 9.80 Å². The first-order valence-electron chi connectivity index (χ1n) is 6.10. The van der Waals surface area contributed by atoms with E-state index in [0.29, 0.717) is 19.6 Å². The zero-order valence-electron chi connectivity index (χ0n) is 11.0. The molecule has 1 atom stereocenters. The number of carbonyl (C=O) groups excluding carboxylic acids is 2. The van der Waals surface area contributed by atoms with E-state index in [-0.39, 0.29) is 30.3 Å². The fraction of sp³-hybridized carbons (Fsp3) is 0.818. The van der Waals surface area contributed by atoms with Crippen LogP contribution in [-0.4, -0.2) is 79.2 Å². The molecular weight excluding hydrogens is 290 g/mol. The van der Waals surface area contributed by atoms with Crippen molar-refractivity contribution in [3.05, 3.63) is 0 Å². The molecule has 0 aromatic carbocycles. The molecule has 2 fully saturated rings. The van der Waals surface area contributed by atoms with E-state index >= 15 is 0 Å². The number of piperazine rings is 1. The van der Waals surface area contributed by atoms with Crippen molar-refractivity contribution in [3.8, 4) is 0 Å². The number of amides is 1. The van der Waals surface area contributed by atoms with E-state index in [4.69, 9.17) is 0 Å². The summed E-state index contributed by atoms with van der Waals surface area (Å²) in [7, 11) is 1.39. The van der Waals surface area contributed by atoms with Crippen molar-refractivity contribution in [2.45, 2.75) is 6.04 Å². The summed E-state index contributed by atoms with van der Waals surface area (Å²) < 4.78 is 4.63. The Hall–Kier alpha value is -0.500. The third-order valence-electron chi connectivity index (χ3n) is 3.28. The van der Waals surface area contributed by atoms with Crippen LogP contribution in [0.2, 0.25) is 0 Å². The van der Waals surface area contributed by atoms with Crippen molar-refractivity contribution >= 4 is 36.0 Å². The Labute approximate surface area is 123 Å². The molecule has 0 aromatic rings. The van der Waals surface area contributed by atoms with Gasteiger partial charge in [0, 0.05) is 37.8 Å². The number of ether oxygens (including phenoxy) is 1. The molecule has 19 heavy (non-hydrogen) atoms. The van der Waals surface area contributed by atoms with Gasteiger partial charge in [-0.05, 0) is 0 Å². The molecule has 6 nitrogen and oxygen atoms in total. The van der Waals surface area contributed by atoms with Gasteiger partial charge >= 0.3 is 5.97 Å². The van der Waals surface area contributed by atoms with Gasteiger partial charge in [-0.3, -0.25) is 19.8 Å². The first kappa shape index (κ1) is 16.6. The molecule has 1 amide bonds. The molecule has 2 saturated heterocycles. The Kier molecular flexibility index (Phi) is 6.92. The molecule has 2 heterocycles. The predicted octanol–water partition coefficient (Wildman–Crippen LogP) is -0.612. The third kappa shape index (κ3) is 4.52. The smallest absolute Gasteiger partial charge is 0.319 e. The fourth-order valence-corrected chi connectivity index (χ4v) is 3.08. The largest absolute Gasteiger partial charge is 0.468 e. The molecule has 1 N–H and O–H groups in total. The highest BCUT2D eigenvalue weighted by Crippen LogP contribution is 2.13. The van der Waals surface area contributed by atoms with Gasteiger partial charge in [0.05, 0.1) is 19.7 Å². The van der Waals surface area contributed by atoms with Crippen LogP contribution in [0, 0.1) is 0 Å². The minimum absolute atomic E-state index is 0. The molecule has 8 heteroatoms. The Morgan fingerprint density at radius 2 is 2.00 bits per heavy atom. The lowest BCUT2D eigenvalue weighted by atomic mass is 10.2. The first-order chi connectivity index (χ1) is 8.70. The number of nitrogens with zero attached hydrogens (tertiary/aromatic N) is 2. The summed E-state index contributed by atoms with van der Waals surface area (Å²) in [4.78, 5) is 27.2. The lowest BCUT2D eigenvalue weighted by molar-refractivity contribution is -0.142. The van der Waals surface area contributed by atoms with Gasteiger partial charge in [0.25, 0.3) is 0 Å². The van der Waals surface area contributed by atoms with E-state index < -0.39 is 0 Å². The van der Waals surface area contributed by atoms with Crippen LogP contribution < -0.4 is 5.32 Å². The second-order valence-electron chi connectivity index (χ2n) is 4.45. The molecule has 0 bridgehead atoms. The zero-order valence-corrected chi connectivity index (χ0v) is 12.6.